The van der Waals surface area contributed by atoms with Crippen molar-refractivity contribution < 1.29 is 27.0 Å². The molecule has 0 spiro atoms. The SMILES string of the molecule is CN=C(NCc1ccc2c(c1)OCO2)NCc1ccc(F)cc1C(F)(F)F.I. The van der Waals surface area contributed by atoms with Crippen LogP contribution in [0.4, 0.5) is 17.6 Å². The molecule has 1 aliphatic heterocycles. The molecule has 2 aromatic rings. The number of halogens is 5. The van der Waals surface area contributed by atoms with Crippen molar-refractivity contribution in [2.45, 2.75) is 19.3 Å². The van der Waals surface area contributed by atoms with Gasteiger partial charge in [0.25, 0.3) is 0 Å². The van der Waals surface area contributed by atoms with Crippen LogP contribution in [0.15, 0.2) is 41.4 Å². The van der Waals surface area contributed by atoms with Crippen LogP contribution in [-0.4, -0.2) is 19.8 Å². The summed E-state index contributed by atoms with van der Waals surface area (Å²) >= 11 is 0. The molecule has 3 rings (SSSR count). The predicted molar refractivity (Wildman–Crippen MR) is 106 cm³/mol. The van der Waals surface area contributed by atoms with E-state index in [2.05, 4.69) is 15.6 Å². The van der Waals surface area contributed by atoms with E-state index < -0.39 is 17.6 Å². The van der Waals surface area contributed by atoms with Crippen LogP contribution in [0.25, 0.3) is 0 Å². The minimum atomic E-state index is -4.64. The number of rotatable bonds is 4. The molecule has 0 radical (unpaired) electrons. The molecule has 10 heteroatoms. The number of hydrogen-bond donors (Lipinski definition) is 2. The lowest BCUT2D eigenvalue weighted by molar-refractivity contribution is -0.138. The highest BCUT2D eigenvalue weighted by Crippen LogP contribution is 2.33. The summed E-state index contributed by atoms with van der Waals surface area (Å²) < 4.78 is 62.9. The fraction of sp³-hybridized carbons (Fsp3) is 0.278. The zero-order valence-corrected chi connectivity index (χ0v) is 17.1. The van der Waals surface area contributed by atoms with Gasteiger partial charge in [-0.2, -0.15) is 13.2 Å². The summed E-state index contributed by atoms with van der Waals surface area (Å²) in [6, 6.07) is 8.02. The van der Waals surface area contributed by atoms with Crippen LogP contribution >= 0.6 is 24.0 Å². The molecule has 0 fully saturated rings. The van der Waals surface area contributed by atoms with Crippen molar-refractivity contribution in [3.05, 3.63) is 58.9 Å². The van der Waals surface area contributed by atoms with Crippen LogP contribution in [0.3, 0.4) is 0 Å². The van der Waals surface area contributed by atoms with Gasteiger partial charge in [0.2, 0.25) is 6.79 Å². The first-order chi connectivity index (χ1) is 12.9. The third-order valence-corrected chi connectivity index (χ3v) is 3.94. The quantitative estimate of drug-likeness (QED) is 0.282. The number of nitrogens with zero attached hydrogens (tertiary/aromatic N) is 1. The largest absolute Gasteiger partial charge is 0.454 e. The average molecular weight is 511 g/mol. The maximum absolute atomic E-state index is 13.2. The number of nitrogens with one attached hydrogen (secondary N) is 2. The van der Waals surface area contributed by atoms with Gasteiger partial charge in [-0.15, -0.1) is 24.0 Å². The highest BCUT2D eigenvalue weighted by atomic mass is 127. The van der Waals surface area contributed by atoms with Crippen molar-refractivity contribution in [3.63, 3.8) is 0 Å². The monoisotopic (exact) mass is 511 g/mol. The average Bonchev–Trinajstić information content (AvgIpc) is 3.09. The van der Waals surface area contributed by atoms with Gasteiger partial charge in [0, 0.05) is 20.1 Å². The van der Waals surface area contributed by atoms with Crippen LogP contribution in [0.5, 0.6) is 11.5 Å². The van der Waals surface area contributed by atoms with E-state index in [1.807, 2.05) is 12.1 Å². The molecular weight excluding hydrogens is 493 g/mol. The summed E-state index contributed by atoms with van der Waals surface area (Å²) in [4.78, 5) is 3.98. The summed E-state index contributed by atoms with van der Waals surface area (Å²) in [5, 5.41) is 5.80. The van der Waals surface area contributed by atoms with Gasteiger partial charge >= 0.3 is 6.18 Å². The van der Waals surface area contributed by atoms with Gasteiger partial charge in [0.05, 0.1) is 5.56 Å². The van der Waals surface area contributed by atoms with E-state index in [1.165, 1.54) is 7.05 Å². The number of benzene rings is 2. The minimum absolute atomic E-state index is 0. The molecule has 0 unspecified atom stereocenters. The van der Waals surface area contributed by atoms with Gasteiger partial charge in [-0.1, -0.05) is 12.1 Å². The summed E-state index contributed by atoms with van der Waals surface area (Å²) in [5.41, 5.74) is -0.198. The first kappa shape index (κ1) is 22.1. The minimum Gasteiger partial charge on any atom is -0.454 e. The lowest BCUT2D eigenvalue weighted by Gasteiger charge is -2.16. The van der Waals surface area contributed by atoms with Gasteiger partial charge in [-0.3, -0.25) is 4.99 Å². The highest BCUT2D eigenvalue weighted by Gasteiger charge is 2.33. The van der Waals surface area contributed by atoms with Crippen LogP contribution in [-0.2, 0) is 19.3 Å². The Balaban J connectivity index is 0.00000280. The fourth-order valence-electron chi connectivity index (χ4n) is 2.60. The fourth-order valence-corrected chi connectivity index (χ4v) is 2.60. The standard InChI is InChI=1S/C18H17F4N3O2.HI/c1-23-17(24-8-11-2-5-15-16(6-11)27-10-26-15)25-9-12-3-4-13(19)7-14(12)18(20,21)22;/h2-7H,8-10H2,1H3,(H2,23,24,25);1H. The molecule has 0 saturated carbocycles. The molecule has 0 saturated heterocycles. The third-order valence-electron chi connectivity index (χ3n) is 3.94. The molecule has 0 amide bonds. The topological polar surface area (TPSA) is 54.9 Å². The number of ether oxygens (including phenoxy) is 2. The normalized spacial score (nSPS) is 13.1. The molecule has 28 heavy (non-hydrogen) atoms. The van der Waals surface area contributed by atoms with E-state index in [1.54, 1.807) is 6.07 Å². The van der Waals surface area contributed by atoms with Gasteiger partial charge < -0.3 is 20.1 Å². The van der Waals surface area contributed by atoms with Gasteiger partial charge in [0.15, 0.2) is 17.5 Å². The maximum atomic E-state index is 13.2. The number of aliphatic imine (C=N–C) groups is 1. The molecule has 1 heterocycles. The molecule has 1 aliphatic rings. The lowest BCUT2D eigenvalue weighted by atomic mass is 10.1. The van der Waals surface area contributed by atoms with Gasteiger partial charge in [-0.05, 0) is 35.4 Å². The first-order valence-corrected chi connectivity index (χ1v) is 8.05. The van der Waals surface area contributed by atoms with Gasteiger partial charge in [-0.25, -0.2) is 4.39 Å². The Morgan fingerprint density at radius 2 is 1.75 bits per heavy atom. The summed E-state index contributed by atoms with van der Waals surface area (Å²) in [6.07, 6.45) is -4.64. The second-order valence-electron chi connectivity index (χ2n) is 5.77. The summed E-state index contributed by atoms with van der Waals surface area (Å²) in [5.74, 6) is 0.678. The lowest BCUT2D eigenvalue weighted by Crippen LogP contribution is -2.36. The van der Waals surface area contributed by atoms with E-state index in [0.29, 0.717) is 30.1 Å². The van der Waals surface area contributed by atoms with Gasteiger partial charge in [0.1, 0.15) is 5.82 Å². The second-order valence-corrected chi connectivity index (χ2v) is 5.77. The molecule has 152 valence electrons. The van der Waals surface area contributed by atoms with Crippen LogP contribution in [0.2, 0.25) is 0 Å². The molecule has 0 bridgehead atoms. The van der Waals surface area contributed by atoms with Crippen molar-refractivity contribution in [1.82, 2.24) is 10.6 Å². The van der Waals surface area contributed by atoms with Crippen molar-refractivity contribution in [2.24, 2.45) is 4.99 Å². The van der Waals surface area contributed by atoms with E-state index in [-0.39, 0.29) is 42.9 Å². The van der Waals surface area contributed by atoms with Crippen molar-refractivity contribution in [1.29, 1.82) is 0 Å². The van der Waals surface area contributed by atoms with Crippen LogP contribution in [0.1, 0.15) is 16.7 Å². The predicted octanol–water partition coefficient (Wildman–Crippen LogP) is 4.06. The second kappa shape index (κ2) is 9.30. The van der Waals surface area contributed by atoms with E-state index in [4.69, 9.17) is 9.47 Å². The molecule has 5 nitrogen and oxygen atoms in total. The number of guanidine groups is 1. The van der Waals surface area contributed by atoms with Crippen molar-refractivity contribution in [3.8, 4) is 11.5 Å². The summed E-state index contributed by atoms with van der Waals surface area (Å²) in [6.45, 7) is 0.399. The number of hydrogen-bond acceptors (Lipinski definition) is 3. The van der Waals surface area contributed by atoms with E-state index in [9.17, 15) is 17.6 Å². The molecule has 0 atom stereocenters. The zero-order valence-electron chi connectivity index (χ0n) is 14.8. The molecule has 2 N–H and O–H groups in total. The van der Waals surface area contributed by atoms with Crippen LogP contribution < -0.4 is 20.1 Å². The smallest absolute Gasteiger partial charge is 0.416 e. The molecule has 0 aromatic heterocycles. The Morgan fingerprint density at radius 1 is 1.04 bits per heavy atom. The summed E-state index contributed by atoms with van der Waals surface area (Å²) in [7, 11) is 1.50. The third kappa shape index (κ3) is 5.40. The Morgan fingerprint density at radius 3 is 2.46 bits per heavy atom. The van der Waals surface area contributed by atoms with E-state index >= 15 is 0 Å². The van der Waals surface area contributed by atoms with E-state index in [0.717, 1.165) is 17.7 Å². The molecular formula is C18H18F4IN3O2. The number of fused-ring (bicyclic) bond motifs is 1. The Kier molecular flexibility index (Phi) is 7.33. The molecule has 0 aliphatic carbocycles. The highest BCUT2D eigenvalue weighted by molar-refractivity contribution is 14.0. The Labute approximate surface area is 176 Å². The number of alkyl halides is 3. The Hall–Kier alpha value is -2.24. The Bertz CT molecular complexity index is 859. The first-order valence-electron chi connectivity index (χ1n) is 8.05. The zero-order chi connectivity index (χ0) is 19.4. The van der Waals surface area contributed by atoms with Crippen molar-refractivity contribution in [2.75, 3.05) is 13.8 Å². The van der Waals surface area contributed by atoms with Crippen molar-refractivity contribution >= 4 is 29.9 Å². The van der Waals surface area contributed by atoms with Crippen LogP contribution in [0, 0.1) is 5.82 Å². The molecule has 2 aromatic carbocycles. The maximum Gasteiger partial charge on any atom is 0.416 e.